The molecule has 0 bridgehead atoms. The monoisotopic (exact) mass is 775 g/mol. The van der Waals surface area contributed by atoms with E-state index in [0.717, 1.165) is 70.6 Å². The van der Waals surface area contributed by atoms with Crippen LogP contribution in [0.15, 0.2) is 97.2 Å². The average Bonchev–Trinajstić information content (AvgIpc) is 3.15. The highest BCUT2D eigenvalue weighted by Crippen LogP contribution is 2.43. The SMILES string of the molecule is CC/C=C\C/C=C\C/C=C\C/C=C\CCCCC(=O)OC[C@H](COP(=O)(O)OCCN)OC(=O)CCC/C=C\C/C=C\C/C=C\C/C=C\CC(O)CCC. The molecule has 3 atom stereocenters. The van der Waals surface area contributed by atoms with E-state index in [1.807, 2.05) is 18.2 Å². The number of aliphatic hydroxyl groups excluding tert-OH is 1. The molecule has 0 aliphatic rings. The number of nitrogens with two attached hydrogens (primary N) is 1. The van der Waals surface area contributed by atoms with Gasteiger partial charge in [0.05, 0.1) is 19.3 Å². The third-order valence-corrected chi connectivity index (χ3v) is 8.49. The second kappa shape index (κ2) is 38.2. The molecule has 4 N–H and O–H groups in total. The van der Waals surface area contributed by atoms with Crippen molar-refractivity contribution in [3.8, 4) is 0 Å². The van der Waals surface area contributed by atoms with E-state index in [0.29, 0.717) is 25.7 Å². The number of aliphatic hydroxyl groups is 1. The number of phosphoric ester groups is 1. The van der Waals surface area contributed by atoms with Crippen molar-refractivity contribution in [1.29, 1.82) is 0 Å². The Bertz CT molecular complexity index is 1220. The van der Waals surface area contributed by atoms with Crippen LogP contribution in [-0.2, 0) is 32.7 Å². The molecular weight excluding hydrogens is 705 g/mol. The predicted octanol–water partition coefficient (Wildman–Crippen LogP) is 10.0. The van der Waals surface area contributed by atoms with Crippen LogP contribution in [0, 0.1) is 0 Å². The topological polar surface area (TPSA) is 155 Å². The summed E-state index contributed by atoms with van der Waals surface area (Å²) in [4.78, 5) is 34.7. The molecule has 0 rings (SSSR count). The lowest BCUT2D eigenvalue weighted by Gasteiger charge is -2.19. The lowest BCUT2D eigenvalue weighted by atomic mass is 10.1. The number of hydrogen-bond acceptors (Lipinski definition) is 9. The molecule has 0 aromatic carbocycles. The van der Waals surface area contributed by atoms with Crippen LogP contribution >= 0.6 is 7.82 Å². The summed E-state index contributed by atoms with van der Waals surface area (Å²) in [5, 5.41) is 9.72. The second-order valence-electron chi connectivity index (χ2n) is 12.6. The van der Waals surface area contributed by atoms with E-state index in [1.54, 1.807) is 0 Å². The van der Waals surface area contributed by atoms with Gasteiger partial charge in [-0.15, -0.1) is 0 Å². The zero-order valence-corrected chi connectivity index (χ0v) is 33.9. The van der Waals surface area contributed by atoms with Crippen molar-refractivity contribution < 1.29 is 42.7 Å². The molecule has 0 aliphatic carbocycles. The number of carbonyl (C=O) groups excluding carboxylic acids is 2. The summed E-state index contributed by atoms with van der Waals surface area (Å²) in [7, 11) is -4.41. The molecule has 0 heterocycles. The largest absolute Gasteiger partial charge is 0.472 e. The van der Waals surface area contributed by atoms with Gasteiger partial charge in [0.2, 0.25) is 0 Å². The van der Waals surface area contributed by atoms with Crippen LogP contribution in [0.25, 0.3) is 0 Å². The van der Waals surface area contributed by atoms with Gasteiger partial charge in [-0.05, 0) is 89.9 Å². The predicted molar refractivity (Wildman–Crippen MR) is 221 cm³/mol. The molecule has 0 saturated carbocycles. The third kappa shape index (κ3) is 37.2. The summed E-state index contributed by atoms with van der Waals surface area (Å²) in [6.07, 6.45) is 45.1. The maximum Gasteiger partial charge on any atom is 0.472 e. The molecule has 2 unspecified atom stereocenters. The highest BCUT2D eigenvalue weighted by atomic mass is 31.2. The van der Waals surface area contributed by atoms with Crippen LogP contribution in [-0.4, -0.2) is 60.5 Å². The minimum absolute atomic E-state index is 0.0270. The van der Waals surface area contributed by atoms with Crippen molar-refractivity contribution in [2.75, 3.05) is 26.4 Å². The van der Waals surface area contributed by atoms with Gasteiger partial charge in [0.15, 0.2) is 6.10 Å². The summed E-state index contributed by atoms with van der Waals surface area (Å²) >= 11 is 0. The zero-order chi connectivity index (χ0) is 39.8. The molecule has 10 nitrogen and oxygen atoms in total. The van der Waals surface area contributed by atoms with Gasteiger partial charge in [-0.3, -0.25) is 18.6 Å². The van der Waals surface area contributed by atoms with Gasteiger partial charge in [-0.25, -0.2) is 4.57 Å². The molecular formula is C43H70NO9P. The summed E-state index contributed by atoms with van der Waals surface area (Å²) in [5.74, 6) is -0.977. The third-order valence-electron chi connectivity index (χ3n) is 7.51. The minimum atomic E-state index is -4.41. The number of hydrogen-bond donors (Lipinski definition) is 3. The van der Waals surface area contributed by atoms with Gasteiger partial charge < -0.3 is 25.2 Å². The van der Waals surface area contributed by atoms with E-state index in [9.17, 15) is 24.2 Å². The fourth-order valence-corrected chi connectivity index (χ4v) is 5.40. The van der Waals surface area contributed by atoms with Crippen molar-refractivity contribution in [1.82, 2.24) is 0 Å². The van der Waals surface area contributed by atoms with Crippen molar-refractivity contribution in [2.24, 2.45) is 5.73 Å². The molecule has 11 heteroatoms. The molecule has 0 fully saturated rings. The Kier molecular flexibility index (Phi) is 36.0. The summed E-state index contributed by atoms with van der Waals surface area (Å²) < 4.78 is 32.6. The first-order chi connectivity index (χ1) is 26.2. The minimum Gasteiger partial charge on any atom is -0.462 e. The zero-order valence-electron chi connectivity index (χ0n) is 33.0. The number of allylic oxidation sites excluding steroid dienone is 15. The summed E-state index contributed by atoms with van der Waals surface area (Å²) in [6.45, 7) is 3.25. The van der Waals surface area contributed by atoms with Crippen LogP contribution < -0.4 is 5.73 Å². The van der Waals surface area contributed by atoms with Crippen LogP contribution in [0.3, 0.4) is 0 Å². The molecule has 0 amide bonds. The fraction of sp³-hybridized carbons (Fsp3) is 0.581. The van der Waals surface area contributed by atoms with Gasteiger partial charge in [0.1, 0.15) is 6.61 Å². The Balaban J connectivity index is 4.42. The molecule has 306 valence electrons. The maximum atomic E-state index is 12.5. The molecule has 0 aliphatic heterocycles. The number of carbonyl (C=O) groups is 2. The van der Waals surface area contributed by atoms with Gasteiger partial charge in [0.25, 0.3) is 0 Å². The first-order valence-corrected chi connectivity index (χ1v) is 21.3. The maximum absolute atomic E-state index is 12.5. The Morgan fingerprint density at radius 3 is 1.69 bits per heavy atom. The standard InChI is InChI=1S/C43H70NO9P/c1-3-5-6-7-8-9-10-11-12-15-18-21-24-27-30-34-42(46)50-38-41(39-52-54(48,49)51-37-36-44)53-43(47)35-31-28-25-22-19-16-13-14-17-20-23-26-29-33-40(45)32-4-2/h5-6,8-9,11-13,16-18,20-22,25-26,29,40-41,45H,3-4,7,10,14-15,19,23-24,27-28,30-39,44H2,1-2H3,(H,48,49)/b6-5-,9-8-,12-11-,16-13-,20-17-,21-18-,25-22-,29-26-/t40?,41-/m1/s1. The first-order valence-electron chi connectivity index (χ1n) is 19.8. The van der Waals surface area contributed by atoms with Crippen LogP contribution in [0.5, 0.6) is 0 Å². The number of esters is 2. The number of ether oxygens (including phenoxy) is 2. The Labute approximate surface area is 326 Å². The molecule has 0 radical (unpaired) electrons. The Morgan fingerprint density at radius 2 is 1.15 bits per heavy atom. The smallest absolute Gasteiger partial charge is 0.462 e. The normalized spacial score (nSPS) is 15.0. The summed E-state index contributed by atoms with van der Waals surface area (Å²) in [5.41, 5.74) is 5.33. The molecule has 54 heavy (non-hydrogen) atoms. The van der Waals surface area contributed by atoms with Crippen LogP contribution in [0.1, 0.15) is 123 Å². The first kappa shape index (κ1) is 50.9. The average molecular weight is 776 g/mol. The van der Waals surface area contributed by atoms with E-state index in [4.69, 9.17) is 24.3 Å². The second-order valence-corrected chi connectivity index (χ2v) is 14.0. The van der Waals surface area contributed by atoms with E-state index >= 15 is 0 Å². The number of phosphoric acid groups is 1. The Morgan fingerprint density at radius 1 is 0.648 bits per heavy atom. The lowest BCUT2D eigenvalue weighted by Crippen LogP contribution is -2.29. The van der Waals surface area contributed by atoms with E-state index in [-0.39, 0.29) is 38.7 Å². The van der Waals surface area contributed by atoms with Gasteiger partial charge in [-0.1, -0.05) is 117 Å². The molecule has 0 saturated heterocycles. The van der Waals surface area contributed by atoms with Crippen molar-refractivity contribution in [3.05, 3.63) is 97.2 Å². The molecule has 0 aromatic heterocycles. The van der Waals surface area contributed by atoms with E-state index in [2.05, 4.69) is 92.8 Å². The quantitative estimate of drug-likeness (QED) is 0.0245. The van der Waals surface area contributed by atoms with Gasteiger partial charge in [-0.2, -0.15) is 0 Å². The Hall–Kier alpha value is -3.11. The van der Waals surface area contributed by atoms with Crippen LogP contribution in [0.4, 0.5) is 0 Å². The van der Waals surface area contributed by atoms with E-state index in [1.165, 1.54) is 0 Å². The van der Waals surface area contributed by atoms with Crippen molar-refractivity contribution in [3.63, 3.8) is 0 Å². The highest BCUT2D eigenvalue weighted by Gasteiger charge is 2.25. The molecule has 0 aromatic rings. The van der Waals surface area contributed by atoms with Gasteiger partial charge in [0, 0.05) is 19.4 Å². The number of rotatable bonds is 35. The number of unbranched alkanes of at least 4 members (excludes halogenated alkanes) is 3. The van der Waals surface area contributed by atoms with Crippen molar-refractivity contribution >= 4 is 19.8 Å². The highest BCUT2D eigenvalue weighted by molar-refractivity contribution is 7.47. The summed E-state index contributed by atoms with van der Waals surface area (Å²) in [6, 6.07) is 0. The molecule has 0 spiro atoms. The lowest BCUT2D eigenvalue weighted by molar-refractivity contribution is -0.161. The van der Waals surface area contributed by atoms with Crippen molar-refractivity contribution in [2.45, 2.75) is 135 Å². The van der Waals surface area contributed by atoms with Gasteiger partial charge >= 0.3 is 19.8 Å². The van der Waals surface area contributed by atoms with Crippen LogP contribution in [0.2, 0.25) is 0 Å². The van der Waals surface area contributed by atoms with E-state index < -0.39 is 32.5 Å². The fourth-order valence-electron chi connectivity index (χ4n) is 4.63.